The Balaban J connectivity index is 1.44. The summed E-state index contributed by atoms with van der Waals surface area (Å²) in [6, 6.07) is 7.78. The van der Waals surface area contributed by atoms with Crippen LogP contribution >= 0.6 is 0 Å². The molecule has 2 saturated heterocycles. The third-order valence-electron chi connectivity index (χ3n) is 6.31. The Morgan fingerprint density at radius 1 is 1.28 bits per heavy atom. The lowest BCUT2D eigenvalue weighted by Gasteiger charge is -2.37. The van der Waals surface area contributed by atoms with E-state index >= 15 is 0 Å². The third-order valence-corrected chi connectivity index (χ3v) is 8.07. The maximum Gasteiger partial charge on any atom is 0.226 e. The van der Waals surface area contributed by atoms with Gasteiger partial charge in [0.2, 0.25) is 5.91 Å². The number of aryl methyl sites for hydroxylation is 1. The molecule has 0 unspecified atom stereocenters. The Bertz CT molecular complexity index is 905. The maximum atomic E-state index is 13.2. The van der Waals surface area contributed by atoms with Crippen molar-refractivity contribution < 1.29 is 22.8 Å². The molecule has 2 atom stereocenters. The zero-order valence-corrected chi connectivity index (χ0v) is 17.5. The average Bonchev–Trinajstić information content (AvgIpc) is 3.28. The van der Waals surface area contributed by atoms with Crippen molar-refractivity contribution in [2.45, 2.75) is 51.2 Å². The number of oxime groups is 1. The minimum absolute atomic E-state index is 0.0335. The van der Waals surface area contributed by atoms with E-state index in [-0.39, 0.29) is 29.6 Å². The number of benzene rings is 1. The molecule has 2 fully saturated rings. The van der Waals surface area contributed by atoms with Gasteiger partial charge in [-0.05, 0) is 31.7 Å². The number of ether oxygens (including phenoxy) is 1. The summed E-state index contributed by atoms with van der Waals surface area (Å²) in [7, 11) is -3.04. The van der Waals surface area contributed by atoms with Crippen LogP contribution in [-0.4, -0.2) is 56.9 Å². The van der Waals surface area contributed by atoms with Crippen LogP contribution < -0.4 is 5.32 Å². The van der Waals surface area contributed by atoms with Gasteiger partial charge in [0.05, 0.1) is 22.6 Å². The number of hydrogen-bond donors (Lipinski definition) is 1. The first-order valence-electron chi connectivity index (χ1n) is 10.2. The zero-order chi connectivity index (χ0) is 20.5. The summed E-state index contributed by atoms with van der Waals surface area (Å²) < 4.78 is 29.0. The molecule has 158 valence electrons. The molecule has 1 N–H and O–H groups in total. The Labute approximate surface area is 171 Å². The number of sulfone groups is 1. The first-order valence-corrected chi connectivity index (χ1v) is 12.1. The Hall–Kier alpha value is -1.93. The van der Waals surface area contributed by atoms with Gasteiger partial charge in [-0.3, -0.25) is 4.79 Å². The Morgan fingerprint density at radius 3 is 2.72 bits per heavy atom. The van der Waals surface area contributed by atoms with Crippen molar-refractivity contribution in [1.82, 2.24) is 5.32 Å². The van der Waals surface area contributed by atoms with Crippen LogP contribution in [0.5, 0.6) is 0 Å². The van der Waals surface area contributed by atoms with Gasteiger partial charge in [-0.25, -0.2) is 8.42 Å². The minimum Gasteiger partial charge on any atom is -0.392 e. The Kier molecular flexibility index (Phi) is 5.66. The molecule has 1 aromatic rings. The summed E-state index contributed by atoms with van der Waals surface area (Å²) in [5.41, 5.74) is 2.54. The first-order chi connectivity index (χ1) is 13.9. The van der Waals surface area contributed by atoms with Gasteiger partial charge < -0.3 is 14.9 Å². The molecule has 3 aliphatic heterocycles. The van der Waals surface area contributed by atoms with Gasteiger partial charge in [-0.2, -0.15) is 0 Å². The predicted octanol–water partition coefficient (Wildman–Crippen LogP) is 1.98. The molecule has 0 saturated carbocycles. The van der Waals surface area contributed by atoms with E-state index in [2.05, 4.69) is 10.5 Å². The van der Waals surface area contributed by atoms with Crippen LogP contribution in [0.15, 0.2) is 29.4 Å². The second-order valence-corrected chi connectivity index (χ2v) is 10.7. The predicted molar refractivity (Wildman–Crippen MR) is 110 cm³/mol. The van der Waals surface area contributed by atoms with E-state index in [9.17, 15) is 13.2 Å². The van der Waals surface area contributed by atoms with E-state index in [1.807, 2.05) is 31.2 Å². The molecule has 1 aromatic carbocycles. The van der Waals surface area contributed by atoms with Crippen LogP contribution in [0.25, 0.3) is 0 Å². The fraction of sp³-hybridized carbons (Fsp3) is 0.619. The summed E-state index contributed by atoms with van der Waals surface area (Å²) >= 11 is 0. The van der Waals surface area contributed by atoms with Gasteiger partial charge in [0.25, 0.3) is 0 Å². The lowest BCUT2D eigenvalue weighted by Crippen LogP contribution is -2.50. The summed E-state index contributed by atoms with van der Waals surface area (Å²) in [6.07, 6.45) is 2.76. The summed E-state index contributed by atoms with van der Waals surface area (Å²) in [5, 5.41) is 7.31. The SMILES string of the molecule is Cc1ccccc1C1=NO[C@H](CC2(C(=O)N[C@H]3CCS(=O)(=O)C3)CCOCC2)C1. The van der Waals surface area contributed by atoms with Crippen LogP contribution in [0.4, 0.5) is 0 Å². The van der Waals surface area contributed by atoms with E-state index < -0.39 is 15.3 Å². The summed E-state index contributed by atoms with van der Waals surface area (Å²) in [4.78, 5) is 19.0. The normalized spacial score (nSPS) is 27.8. The van der Waals surface area contributed by atoms with Crippen LogP contribution in [0.3, 0.4) is 0 Å². The molecule has 7 nitrogen and oxygen atoms in total. The van der Waals surface area contributed by atoms with E-state index in [0.29, 0.717) is 45.3 Å². The number of hydrogen-bond acceptors (Lipinski definition) is 6. The molecular weight excluding hydrogens is 392 g/mol. The molecular formula is C21H28N2O5S. The number of nitrogens with zero attached hydrogens (tertiary/aromatic N) is 1. The van der Waals surface area contributed by atoms with E-state index in [1.165, 1.54) is 0 Å². The second kappa shape index (κ2) is 8.07. The minimum atomic E-state index is -3.04. The first kappa shape index (κ1) is 20.3. The monoisotopic (exact) mass is 420 g/mol. The lowest BCUT2D eigenvalue weighted by atomic mass is 9.74. The highest BCUT2D eigenvalue weighted by molar-refractivity contribution is 7.91. The summed E-state index contributed by atoms with van der Waals surface area (Å²) in [6.45, 7) is 3.09. The van der Waals surface area contributed by atoms with Gasteiger partial charge in [-0.15, -0.1) is 0 Å². The molecule has 8 heteroatoms. The van der Waals surface area contributed by atoms with Crippen molar-refractivity contribution in [3.63, 3.8) is 0 Å². The maximum absolute atomic E-state index is 13.2. The van der Waals surface area contributed by atoms with Crippen LogP contribution in [-0.2, 0) is 24.2 Å². The van der Waals surface area contributed by atoms with Crippen molar-refractivity contribution in [3.8, 4) is 0 Å². The van der Waals surface area contributed by atoms with Gasteiger partial charge in [-0.1, -0.05) is 29.4 Å². The van der Waals surface area contributed by atoms with Crippen molar-refractivity contribution in [1.29, 1.82) is 0 Å². The number of rotatable bonds is 5. The summed E-state index contributed by atoms with van der Waals surface area (Å²) in [5.74, 6) is 0.106. The van der Waals surface area contributed by atoms with Gasteiger partial charge >= 0.3 is 0 Å². The number of nitrogens with one attached hydrogen (secondary N) is 1. The fourth-order valence-electron chi connectivity index (χ4n) is 4.56. The molecule has 3 heterocycles. The molecule has 0 radical (unpaired) electrons. The molecule has 3 aliphatic rings. The smallest absolute Gasteiger partial charge is 0.226 e. The standard InChI is InChI=1S/C21H28N2O5S/c1-15-4-2-3-5-18(15)19-12-17(28-23-19)13-21(7-9-27-10-8-21)20(24)22-16-6-11-29(25,26)14-16/h2-5,16-17H,6-14H2,1H3,(H,22,24)/t16-,17-/m0/s1. The van der Waals surface area contributed by atoms with Gasteiger partial charge in [0.1, 0.15) is 6.10 Å². The fourth-order valence-corrected chi connectivity index (χ4v) is 6.24. The average molecular weight is 421 g/mol. The second-order valence-electron chi connectivity index (χ2n) is 8.45. The van der Waals surface area contributed by atoms with E-state index in [4.69, 9.17) is 9.57 Å². The molecule has 0 spiro atoms. The van der Waals surface area contributed by atoms with Crippen LogP contribution in [0.2, 0.25) is 0 Å². The number of carbonyl (C=O) groups is 1. The van der Waals surface area contributed by atoms with Gasteiger partial charge in [0, 0.05) is 37.7 Å². The molecule has 1 amide bonds. The highest BCUT2D eigenvalue weighted by Gasteiger charge is 2.45. The Morgan fingerprint density at radius 2 is 2.03 bits per heavy atom. The van der Waals surface area contributed by atoms with E-state index in [0.717, 1.165) is 16.8 Å². The van der Waals surface area contributed by atoms with Crippen molar-refractivity contribution in [2.75, 3.05) is 24.7 Å². The third kappa shape index (κ3) is 4.48. The quantitative estimate of drug-likeness (QED) is 0.786. The van der Waals surface area contributed by atoms with Crippen molar-refractivity contribution >= 4 is 21.5 Å². The molecule has 29 heavy (non-hydrogen) atoms. The van der Waals surface area contributed by atoms with Crippen LogP contribution in [0, 0.1) is 12.3 Å². The van der Waals surface area contributed by atoms with Gasteiger partial charge in [0.15, 0.2) is 9.84 Å². The largest absolute Gasteiger partial charge is 0.392 e. The van der Waals surface area contributed by atoms with Crippen molar-refractivity contribution in [2.24, 2.45) is 10.6 Å². The lowest BCUT2D eigenvalue weighted by molar-refractivity contribution is -0.140. The zero-order valence-electron chi connectivity index (χ0n) is 16.7. The highest BCUT2D eigenvalue weighted by Crippen LogP contribution is 2.39. The topological polar surface area (TPSA) is 94.1 Å². The molecule has 0 aromatic heterocycles. The molecule has 0 aliphatic carbocycles. The van der Waals surface area contributed by atoms with Crippen LogP contribution in [0.1, 0.15) is 43.2 Å². The number of amides is 1. The van der Waals surface area contributed by atoms with Crippen molar-refractivity contribution in [3.05, 3.63) is 35.4 Å². The molecule has 0 bridgehead atoms. The molecule has 4 rings (SSSR count). The highest BCUT2D eigenvalue weighted by atomic mass is 32.2. The number of carbonyl (C=O) groups excluding carboxylic acids is 1. The van der Waals surface area contributed by atoms with E-state index in [1.54, 1.807) is 0 Å².